The van der Waals surface area contributed by atoms with Crippen molar-refractivity contribution in [1.29, 1.82) is 0 Å². The summed E-state index contributed by atoms with van der Waals surface area (Å²) in [4.78, 5) is 14.5. The summed E-state index contributed by atoms with van der Waals surface area (Å²) < 4.78 is 0. The molecule has 2 heterocycles. The van der Waals surface area contributed by atoms with E-state index in [1.54, 1.807) is 4.88 Å². The zero-order chi connectivity index (χ0) is 13.2. The van der Waals surface area contributed by atoms with Crippen molar-refractivity contribution in [1.82, 2.24) is 14.9 Å². The van der Waals surface area contributed by atoms with Crippen LogP contribution in [-0.2, 0) is 19.4 Å². The molecule has 0 bridgehead atoms. The highest BCUT2D eigenvalue weighted by Gasteiger charge is 2.17. The van der Waals surface area contributed by atoms with Gasteiger partial charge in [0, 0.05) is 16.5 Å². The van der Waals surface area contributed by atoms with E-state index in [-0.39, 0.29) is 0 Å². The predicted octanol–water partition coefficient (Wildman–Crippen LogP) is 3.41. The normalized spacial score (nSPS) is 15.1. The maximum atomic E-state index is 4.78. The van der Waals surface area contributed by atoms with Crippen molar-refractivity contribution in [2.24, 2.45) is 0 Å². The van der Waals surface area contributed by atoms with E-state index in [4.69, 9.17) is 4.98 Å². The summed E-state index contributed by atoms with van der Waals surface area (Å²) in [5, 5.41) is 1.31. The second-order valence-corrected chi connectivity index (χ2v) is 6.26. The van der Waals surface area contributed by atoms with Gasteiger partial charge >= 0.3 is 0 Å². The molecule has 0 N–H and O–H groups in total. The van der Waals surface area contributed by atoms with E-state index >= 15 is 0 Å². The summed E-state index contributed by atoms with van der Waals surface area (Å²) in [6.45, 7) is 7.35. The highest BCUT2D eigenvalue weighted by molar-refractivity contribution is 7.18. The van der Waals surface area contributed by atoms with Crippen LogP contribution in [0.3, 0.4) is 0 Å². The zero-order valence-electron chi connectivity index (χ0n) is 11.8. The third-order valence-corrected chi connectivity index (χ3v) is 5.23. The van der Waals surface area contributed by atoms with Crippen LogP contribution in [0.1, 0.15) is 43.0 Å². The number of rotatable bonds is 4. The molecule has 102 valence electrons. The number of fused-ring (bicyclic) bond motifs is 3. The Hall–Kier alpha value is -1.00. The largest absolute Gasteiger partial charge is 0.296 e. The minimum Gasteiger partial charge on any atom is -0.296 e. The minimum absolute atomic E-state index is 0.867. The standard InChI is InChI=1S/C15H21N3S/c1-3-18(4-2)10-14-16-9-12-11-7-5-6-8-13(11)19-15(12)17-14/h9H,3-8,10H2,1-2H3. The first-order chi connectivity index (χ1) is 9.31. The average molecular weight is 275 g/mol. The van der Waals surface area contributed by atoms with Crippen LogP contribution in [-0.4, -0.2) is 28.0 Å². The molecule has 0 fully saturated rings. The summed E-state index contributed by atoms with van der Waals surface area (Å²) in [6, 6.07) is 0. The smallest absolute Gasteiger partial charge is 0.143 e. The van der Waals surface area contributed by atoms with Crippen molar-refractivity contribution < 1.29 is 0 Å². The number of hydrogen-bond acceptors (Lipinski definition) is 4. The van der Waals surface area contributed by atoms with Gasteiger partial charge in [-0.1, -0.05) is 13.8 Å². The Bertz CT molecular complexity index is 572. The third-order valence-electron chi connectivity index (χ3n) is 4.03. The highest BCUT2D eigenvalue weighted by atomic mass is 32.1. The lowest BCUT2D eigenvalue weighted by Gasteiger charge is -2.16. The summed E-state index contributed by atoms with van der Waals surface area (Å²) in [5.41, 5.74) is 1.53. The van der Waals surface area contributed by atoms with Crippen LogP contribution < -0.4 is 0 Å². The fourth-order valence-corrected chi connectivity index (χ4v) is 4.05. The Morgan fingerprint density at radius 3 is 2.79 bits per heavy atom. The molecule has 3 nitrogen and oxygen atoms in total. The number of hydrogen-bond donors (Lipinski definition) is 0. The molecule has 0 saturated carbocycles. The lowest BCUT2D eigenvalue weighted by atomic mass is 9.97. The first-order valence-corrected chi connectivity index (χ1v) is 8.12. The van der Waals surface area contributed by atoms with Gasteiger partial charge in [0.25, 0.3) is 0 Å². The van der Waals surface area contributed by atoms with Gasteiger partial charge in [-0.3, -0.25) is 4.90 Å². The molecule has 0 atom stereocenters. The van der Waals surface area contributed by atoms with Crippen LogP contribution in [0, 0.1) is 0 Å². The first-order valence-electron chi connectivity index (χ1n) is 7.30. The van der Waals surface area contributed by atoms with Gasteiger partial charge in [0.15, 0.2) is 0 Å². The third kappa shape index (κ3) is 2.51. The Morgan fingerprint density at radius 1 is 1.21 bits per heavy atom. The molecule has 0 aliphatic heterocycles. The summed E-state index contributed by atoms with van der Waals surface area (Å²) in [6.07, 6.45) is 7.16. The maximum absolute atomic E-state index is 4.78. The first kappa shape index (κ1) is 13.0. The van der Waals surface area contributed by atoms with E-state index in [0.29, 0.717) is 0 Å². The zero-order valence-corrected chi connectivity index (χ0v) is 12.6. The second-order valence-electron chi connectivity index (χ2n) is 5.18. The van der Waals surface area contributed by atoms with Crippen LogP contribution in [0.15, 0.2) is 6.20 Å². The maximum Gasteiger partial charge on any atom is 0.143 e. The van der Waals surface area contributed by atoms with Gasteiger partial charge in [0.05, 0.1) is 6.54 Å². The van der Waals surface area contributed by atoms with Gasteiger partial charge in [-0.2, -0.15) is 0 Å². The van der Waals surface area contributed by atoms with Gasteiger partial charge in [-0.15, -0.1) is 11.3 Å². The average Bonchev–Trinajstić information content (AvgIpc) is 2.82. The van der Waals surface area contributed by atoms with E-state index in [1.807, 2.05) is 11.3 Å². The number of nitrogens with zero attached hydrogens (tertiary/aromatic N) is 3. The van der Waals surface area contributed by atoms with Crippen LogP contribution in [0.5, 0.6) is 0 Å². The monoisotopic (exact) mass is 275 g/mol. The topological polar surface area (TPSA) is 29.0 Å². The summed E-state index contributed by atoms with van der Waals surface area (Å²) >= 11 is 1.89. The Kier molecular flexibility index (Phi) is 3.80. The molecular weight excluding hydrogens is 254 g/mol. The molecule has 1 aliphatic rings. The molecule has 0 radical (unpaired) electrons. The van der Waals surface area contributed by atoms with E-state index in [2.05, 4.69) is 29.9 Å². The van der Waals surface area contributed by atoms with Crippen molar-refractivity contribution in [3.8, 4) is 0 Å². The van der Waals surface area contributed by atoms with E-state index < -0.39 is 0 Å². The van der Waals surface area contributed by atoms with Crippen molar-refractivity contribution in [3.05, 3.63) is 22.5 Å². The predicted molar refractivity (Wildman–Crippen MR) is 80.7 cm³/mol. The van der Waals surface area contributed by atoms with Crippen molar-refractivity contribution in [2.75, 3.05) is 13.1 Å². The van der Waals surface area contributed by atoms with Gasteiger partial charge in [0.1, 0.15) is 10.7 Å². The molecule has 0 spiro atoms. The van der Waals surface area contributed by atoms with Crippen LogP contribution >= 0.6 is 11.3 Å². The lowest BCUT2D eigenvalue weighted by Crippen LogP contribution is -2.23. The van der Waals surface area contributed by atoms with E-state index in [1.165, 1.54) is 41.5 Å². The molecule has 0 saturated heterocycles. The molecule has 2 aromatic rings. The Labute approximate surface area is 118 Å². The van der Waals surface area contributed by atoms with Crippen molar-refractivity contribution >= 4 is 21.6 Å². The summed E-state index contributed by atoms with van der Waals surface area (Å²) in [7, 11) is 0. The van der Waals surface area contributed by atoms with Crippen LogP contribution in [0.2, 0.25) is 0 Å². The van der Waals surface area contributed by atoms with Crippen LogP contribution in [0.4, 0.5) is 0 Å². The van der Waals surface area contributed by atoms with Gasteiger partial charge in [0.2, 0.25) is 0 Å². The second kappa shape index (κ2) is 5.55. The number of aryl methyl sites for hydroxylation is 2. The summed E-state index contributed by atoms with van der Waals surface area (Å²) in [5.74, 6) is 0.967. The SMILES string of the molecule is CCN(CC)Cc1ncc2c3c(sc2n1)CCCC3. The fraction of sp³-hybridized carbons (Fsp3) is 0.600. The highest BCUT2D eigenvalue weighted by Crippen LogP contribution is 2.34. The van der Waals surface area contributed by atoms with Crippen LogP contribution in [0.25, 0.3) is 10.2 Å². The molecule has 0 amide bonds. The molecule has 0 unspecified atom stereocenters. The lowest BCUT2D eigenvalue weighted by molar-refractivity contribution is 0.288. The molecule has 0 aromatic carbocycles. The van der Waals surface area contributed by atoms with Gasteiger partial charge < -0.3 is 0 Å². The van der Waals surface area contributed by atoms with Crippen molar-refractivity contribution in [2.45, 2.75) is 46.1 Å². The van der Waals surface area contributed by atoms with E-state index in [9.17, 15) is 0 Å². The number of aromatic nitrogens is 2. The van der Waals surface area contributed by atoms with Gasteiger partial charge in [-0.25, -0.2) is 9.97 Å². The number of thiophene rings is 1. The molecule has 4 heteroatoms. The van der Waals surface area contributed by atoms with Crippen molar-refractivity contribution in [3.63, 3.8) is 0 Å². The molecule has 2 aromatic heterocycles. The minimum atomic E-state index is 0.867. The molecule has 19 heavy (non-hydrogen) atoms. The Morgan fingerprint density at radius 2 is 2.00 bits per heavy atom. The molecular formula is C15H21N3S. The van der Waals surface area contributed by atoms with Gasteiger partial charge in [-0.05, 0) is 44.3 Å². The molecule has 3 rings (SSSR count). The fourth-order valence-electron chi connectivity index (χ4n) is 2.80. The quantitative estimate of drug-likeness (QED) is 0.856. The van der Waals surface area contributed by atoms with E-state index in [0.717, 1.165) is 25.5 Å². The Balaban J connectivity index is 1.93. The molecule has 1 aliphatic carbocycles.